The molecule has 0 aliphatic carbocycles. The molecule has 0 atom stereocenters. The summed E-state index contributed by atoms with van der Waals surface area (Å²) in [5.41, 5.74) is 10.6. The van der Waals surface area contributed by atoms with Gasteiger partial charge in [-0.15, -0.1) is 11.3 Å². The predicted octanol–water partition coefficient (Wildman–Crippen LogP) is 3.06. The SMILES string of the molecule is Cc1ccc(-c2csc(-c3nonc3N)n2)c(C)c1. The minimum Gasteiger partial charge on any atom is -0.379 e. The van der Waals surface area contributed by atoms with Crippen molar-refractivity contribution in [1.82, 2.24) is 15.3 Å². The lowest BCUT2D eigenvalue weighted by Crippen LogP contribution is -1.89. The Morgan fingerprint density at radius 3 is 2.74 bits per heavy atom. The molecule has 96 valence electrons. The minimum absolute atomic E-state index is 0.265. The van der Waals surface area contributed by atoms with Gasteiger partial charge >= 0.3 is 0 Å². The summed E-state index contributed by atoms with van der Waals surface area (Å²) in [6.07, 6.45) is 0. The molecule has 5 nitrogen and oxygen atoms in total. The van der Waals surface area contributed by atoms with Crippen LogP contribution in [-0.2, 0) is 0 Å². The van der Waals surface area contributed by atoms with Crippen molar-refractivity contribution in [3.05, 3.63) is 34.7 Å². The highest BCUT2D eigenvalue weighted by atomic mass is 32.1. The second kappa shape index (κ2) is 4.47. The first-order chi connectivity index (χ1) is 9.15. The molecule has 0 spiro atoms. The van der Waals surface area contributed by atoms with Gasteiger partial charge in [0.2, 0.25) is 0 Å². The fraction of sp³-hybridized carbons (Fsp3) is 0.154. The normalized spacial score (nSPS) is 10.8. The number of nitrogens with two attached hydrogens (primary N) is 1. The Morgan fingerprint density at radius 2 is 2.05 bits per heavy atom. The number of nitrogens with zero attached hydrogens (tertiary/aromatic N) is 3. The molecule has 2 aromatic heterocycles. The molecule has 0 aliphatic heterocycles. The molecule has 0 amide bonds. The molecule has 1 aromatic carbocycles. The lowest BCUT2D eigenvalue weighted by Gasteiger charge is -2.03. The Kier molecular flexibility index (Phi) is 2.79. The van der Waals surface area contributed by atoms with Gasteiger partial charge in [0, 0.05) is 10.9 Å². The second-order valence-corrected chi connectivity index (χ2v) is 5.21. The average molecular weight is 272 g/mol. The van der Waals surface area contributed by atoms with Gasteiger partial charge in [-0.3, -0.25) is 0 Å². The number of nitrogen functional groups attached to an aromatic ring is 1. The number of thiazole rings is 1. The number of hydrogen-bond donors (Lipinski definition) is 1. The van der Waals surface area contributed by atoms with Crippen LogP contribution in [0.2, 0.25) is 0 Å². The topological polar surface area (TPSA) is 77.8 Å². The second-order valence-electron chi connectivity index (χ2n) is 4.35. The highest BCUT2D eigenvalue weighted by molar-refractivity contribution is 7.13. The van der Waals surface area contributed by atoms with Crippen LogP contribution in [0.1, 0.15) is 11.1 Å². The summed E-state index contributed by atoms with van der Waals surface area (Å²) in [6, 6.07) is 6.29. The molecule has 0 aliphatic rings. The van der Waals surface area contributed by atoms with Crippen LogP contribution in [-0.4, -0.2) is 15.3 Å². The van der Waals surface area contributed by atoms with Crippen LogP contribution in [0.3, 0.4) is 0 Å². The molecule has 0 saturated carbocycles. The number of benzene rings is 1. The Labute approximate surface area is 114 Å². The predicted molar refractivity (Wildman–Crippen MR) is 74.7 cm³/mol. The summed E-state index contributed by atoms with van der Waals surface area (Å²) in [6.45, 7) is 4.15. The Balaban J connectivity index is 2.04. The van der Waals surface area contributed by atoms with Crippen molar-refractivity contribution in [3.63, 3.8) is 0 Å². The van der Waals surface area contributed by atoms with Crippen LogP contribution < -0.4 is 5.73 Å². The Morgan fingerprint density at radius 1 is 1.21 bits per heavy atom. The molecule has 2 heterocycles. The van der Waals surface area contributed by atoms with Gasteiger partial charge in [0.15, 0.2) is 11.5 Å². The highest BCUT2D eigenvalue weighted by Gasteiger charge is 2.14. The van der Waals surface area contributed by atoms with Gasteiger partial charge in [0.05, 0.1) is 5.69 Å². The van der Waals surface area contributed by atoms with Crippen molar-refractivity contribution in [3.8, 4) is 22.0 Å². The van der Waals surface area contributed by atoms with Gasteiger partial charge in [-0.2, -0.15) is 0 Å². The van der Waals surface area contributed by atoms with Crippen molar-refractivity contribution < 1.29 is 4.63 Å². The smallest absolute Gasteiger partial charge is 0.198 e. The van der Waals surface area contributed by atoms with Gasteiger partial charge in [-0.1, -0.05) is 23.8 Å². The summed E-state index contributed by atoms with van der Waals surface area (Å²) in [7, 11) is 0. The molecule has 6 heteroatoms. The summed E-state index contributed by atoms with van der Waals surface area (Å²) in [4.78, 5) is 4.55. The first kappa shape index (κ1) is 11.9. The van der Waals surface area contributed by atoms with E-state index in [1.165, 1.54) is 22.5 Å². The molecule has 3 rings (SSSR count). The zero-order valence-electron chi connectivity index (χ0n) is 10.5. The summed E-state index contributed by atoms with van der Waals surface area (Å²) < 4.78 is 4.60. The number of rotatable bonds is 2. The van der Waals surface area contributed by atoms with E-state index in [0.717, 1.165) is 11.3 Å². The van der Waals surface area contributed by atoms with Gasteiger partial charge < -0.3 is 5.73 Å². The van der Waals surface area contributed by atoms with Crippen molar-refractivity contribution in [1.29, 1.82) is 0 Å². The zero-order valence-corrected chi connectivity index (χ0v) is 11.4. The van der Waals surface area contributed by atoms with Crippen molar-refractivity contribution in [2.45, 2.75) is 13.8 Å². The summed E-state index contributed by atoms with van der Waals surface area (Å²) in [5.74, 6) is 0.265. The van der Waals surface area contributed by atoms with Crippen molar-refractivity contribution >= 4 is 17.2 Å². The lowest BCUT2D eigenvalue weighted by atomic mass is 10.0. The molecule has 19 heavy (non-hydrogen) atoms. The van der Waals surface area contributed by atoms with Crippen LogP contribution >= 0.6 is 11.3 Å². The molecular formula is C13H12N4OS. The fourth-order valence-corrected chi connectivity index (χ4v) is 2.76. The standard InChI is InChI=1S/C13H12N4OS/c1-7-3-4-9(8(2)5-7)10-6-19-13(15-10)11-12(14)17-18-16-11/h3-6H,1-2H3,(H2,14,17). The van der Waals surface area contributed by atoms with E-state index in [1.807, 2.05) is 5.38 Å². The third-order valence-corrected chi connectivity index (χ3v) is 3.73. The number of anilines is 1. The van der Waals surface area contributed by atoms with Crippen LogP contribution in [0, 0.1) is 13.8 Å². The van der Waals surface area contributed by atoms with E-state index >= 15 is 0 Å². The maximum atomic E-state index is 5.67. The van der Waals surface area contributed by atoms with Crippen LogP contribution in [0.4, 0.5) is 5.82 Å². The first-order valence-electron chi connectivity index (χ1n) is 5.76. The van der Waals surface area contributed by atoms with E-state index in [0.29, 0.717) is 10.7 Å². The van der Waals surface area contributed by atoms with E-state index < -0.39 is 0 Å². The number of hydrogen-bond acceptors (Lipinski definition) is 6. The average Bonchev–Trinajstić information content (AvgIpc) is 2.97. The molecule has 0 bridgehead atoms. The lowest BCUT2D eigenvalue weighted by molar-refractivity contribution is 0.310. The van der Waals surface area contributed by atoms with Gasteiger partial charge in [-0.05, 0) is 29.7 Å². The summed E-state index contributed by atoms with van der Waals surface area (Å²) in [5, 5.41) is 10.0. The maximum Gasteiger partial charge on any atom is 0.198 e. The Hall–Kier alpha value is -2.21. The van der Waals surface area contributed by atoms with Gasteiger partial charge in [0.1, 0.15) is 5.01 Å². The van der Waals surface area contributed by atoms with E-state index in [-0.39, 0.29) is 5.82 Å². The molecular weight excluding hydrogens is 260 g/mol. The van der Waals surface area contributed by atoms with Crippen molar-refractivity contribution in [2.24, 2.45) is 0 Å². The maximum absolute atomic E-state index is 5.67. The van der Waals surface area contributed by atoms with E-state index in [4.69, 9.17) is 5.73 Å². The molecule has 0 radical (unpaired) electrons. The van der Waals surface area contributed by atoms with Crippen LogP contribution in [0.5, 0.6) is 0 Å². The fourth-order valence-electron chi connectivity index (χ4n) is 1.95. The molecule has 3 aromatic rings. The zero-order chi connectivity index (χ0) is 13.4. The third-order valence-electron chi connectivity index (χ3n) is 2.88. The largest absolute Gasteiger partial charge is 0.379 e. The molecule has 0 fully saturated rings. The molecule has 0 unspecified atom stereocenters. The van der Waals surface area contributed by atoms with E-state index in [1.54, 1.807) is 0 Å². The summed E-state index contributed by atoms with van der Waals surface area (Å²) >= 11 is 1.48. The highest BCUT2D eigenvalue weighted by Crippen LogP contribution is 2.31. The molecule has 0 saturated heterocycles. The third kappa shape index (κ3) is 2.10. The van der Waals surface area contributed by atoms with Crippen molar-refractivity contribution in [2.75, 3.05) is 5.73 Å². The van der Waals surface area contributed by atoms with Gasteiger partial charge in [-0.25, -0.2) is 9.61 Å². The van der Waals surface area contributed by atoms with Gasteiger partial charge in [0.25, 0.3) is 0 Å². The monoisotopic (exact) mass is 272 g/mol. The first-order valence-corrected chi connectivity index (χ1v) is 6.64. The number of aromatic nitrogens is 3. The van der Waals surface area contributed by atoms with Crippen LogP contribution in [0.25, 0.3) is 22.0 Å². The van der Waals surface area contributed by atoms with Crippen LogP contribution in [0.15, 0.2) is 28.2 Å². The quantitative estimate of drug-likeness (QED) is 0.775. The van der Waals surface area contributed by atoms with E-state index in [2.05, 4.69) is 52.0 Å². The molecule has 2 N–H and O–H groups in total. The number of aryl methyl sites for hydroxylation is 2. The minimum atomic E-state index is 0.265. The Bertz CT molecular complexity index is 732. The van der Waals surface area contributed by atoms with E-state index in [9.17, 15) is 0 Å².